The fourth-order valence-corrected chi connectivity index (χ4v) is 3.70. The molecule has 152 valence electrons. The molecule has 2 aromatic heterocycles. The number of carbonyl (C=O) groups is 1. The average molecular weight is 394 g/mol. The number of aryl methyl sites for hydroxylation is 1. The van der Waals surface area contributed by atoms with Crippen molar-refractivity contribution < 1.29 is 9.53 Å². The first kappa shape index (κ1) is 19.2. The van der Waals surface area contributed by atoms with Gasteiger partial charge in [0, 0.05) is 43.1 Å². The number of benzene rings is 1. The van der Waals surface area contributed by atoms with Crippen LogP contribution in [0.2, 0.25) is 0 Å². The molecular weight excluding hydrogens is 368 g/mol. The number of hydrogen-bond donors (Lipinski definition) is 2. The third-order valence-corrected chi connectivity index (χ3v) is 5.07. The molecule has 0 aliphatic carbocycles. The van der Waals surface area contributed by atoms with E-state index in [2.05, 4.69) is 39.3 Å². The normalized spacial score (nSPS) is 16.1. The first-order valence-electron chi connectivity index (χ1n) is 9.65. The van der Waals surface area contributed by atoms with Crippen LogP contribution in [0.4, 0.5) is 11.5 Å². The minimum absolute atomic E-state index is 0.0392. The number of carbonyl (C=O) groups excluding carboxylic acids is 1. The van der Waals surface area contributed by atoms with Gasteiger partial charge in [0.2, 0.25) is 0 Å². The van der Waals surface area contributed by atoms with E-state index in [1.807, 2.05) is 29.7 Å². The molecule has 0 atom stereocenters. The Morgan fingerprint density at radius 3 is 2.90 bits per heavy atom. The van der Waals surface area contributed by atoms with E-state index in [1.54, 1.807) is 25.6 Å². The zero-order valence-corrected chi connectivity index (χ0v) is 17.2. The molecular formula is C21H26N6O2. The van der Waals surface area contributed by atoms with Crippen LogP contribution in [-0.4, -0.2) is 52.6 Å². The molecule has 1 saturated heterocycles. The highest BCUT2D eigenvalue weighted by molar-refractivity contribution is 6.06. The summed E-state index contributed by atoms with van der Waals surface area (Å²) in [5.74, 6) is 0.725. The van der Waals surface area contributed by atoms with E-state index < -0.39 is 0 Å². The predicted octanol–water partition coefficient (Wildman–Crippen LogP) is 2.49. The van der Waals surface area contributed by atoms with Gasteiger partial charge >= 0.3 is 0 Å². The van der Waals surface area contributed by atoms with Crippen molar-refractivity contribution in [3.05, 3.63) is 48.0 Å². The second kappa shape index (κ2) is 7.36. The van der Waals surface area contributed by atoms with Crippen molar-refractivity contribution in [1.82, 2.24) is 19.7 Å². The molecule has 1 aliphatic rings. The second-order valence-corrected chi connectivity index (χ2v) is 7.99. The molecule has 1 aromatic carbocycles. The fourth-order valence-electron chi connectivity index (χ4n) is 3.70. The van der Waals surface area contributed by atoms with E-state index in [-0.39, 0.29) is 11.4 Å². The number of imidazole rings is 1. The molecule has 3 aromatic rings. The predicted molar refractivity (Wildman–Crippen MR) is 113 cm³/mol. The molecule has 1 fully saturated rings. The molecule has 0 spiro atoms. The first-order chi connectivity index (χ1) is 13.8. The van der Waals surface area contributed by atoms with E-state index >= 15 is 0 Å². The molecule has 8 heteroatoms. The van der Waals surface area contributed by atoms with Crippen molar-refractivity contribution in [3.63, 3.8) is 0 Å². The summed E-state index contributed by atoms with van der Waals surface area (Å²) in [5, 5.41) is 6.35. The van der Waals surface area contributed by atoms with E-state index in [4.69, 9.17) is 4.74 Å². The van der Waals surface area contributed by atoms with E-state index in [9.17, 15) is 4.79 Å². The van der Waals surface area contributed by atoms with Gasteiger partial charge in [-0.1, -0.05) is 0 Å². The Kier molecular flexibility index (Phi) is 4.87. The molecule has 0 bridgehead atoms. The van der Waals surface area contributed by atoms with Gasteiger partial charge in [-0.15, -0.1) is 0 Å². The van der Waals surface area contributed by atoms with Gasteiger partial charge in [-0.2, -0.15) is 0 Å². The van der Waals surface area contributed by atoms with Gasteiger partial charge in [-0.05, 0) is 32.9 Å². The Labute approximate surface area is 169 Å². The van der Waals surface area contributed by atoms with Crippen molar-refractivity contribution in [2.45, 2.75) is 26.3 Å². The van der Waals surface area contributed by atoms with Crippen molar-refractivity contribution in [2.75, 3.05) is 37.0 Å². The summed E-state index contributed by atoms with van der Waals surface area (Å²) in [6, 6.07) is 5.69. The fraction of sp³-hybridized carbons (Fsp3) is 0.381. The molecule has 0 unspecified atom stereocenters. The van der Waals surface area contributed by atoms with Gasteiger partial charge in [0.25, 0.3) is 5.91 Å². The number of rotatable bonds is 4. The Balaban J connectivity index is 1.56. The zero-order chi connectivity index (χ0) is 20.6. The van der Waals surface area contributed by atoms with Crippen molar-refractivity contribution in [3.8, 4) is 5.75 Å². The van der Waals surface area contributed by atoms with Gasteiger partial charge in [0.05, 0.1) is 30.8 Å². The van der Waals surface area contributed by atoms with Gasteiger partial charge in [0.1, 0.15) is 11.6 Å². The number of amides is 1. The van der Waals surface area contributed by atoms with Crippen molar-refractivity contribution >= 4 is 23.1 Å². The number of piperazine rings is 1. The van der Waals surface area contributed by atoms with Crippen molar-refractivity contribution in [1.29, 1.82) is 0 Å². The number of aromatic nitrogens is 3. The molecule has 1 aliphatic heterocycles. The highest BCUT2D eigenvalue weighted by Gasteiger charge is 2.26. The lowest BCUT2D eigenvalue weighted by Gasteiger charge is -2.40. The van der Waals surface area contributed by atoms with Crippen LogP contribution in [0.5, 0.6) is 5.75 Å². The third kappa shape index (κ3) is 4.02. The lowest BCUT2D eigenvalue weighted by atomic mass is 10.0. The summed E-state index contributed by atoms with van der Waals surface area (Å²) < 4.78 is 7.36. The SMILES string of the molecule is COc1cc(N2CCNC(C)(C)C2)ccc1C(=O)Nc1cn2cc(C)nc2cn1. The molecule has 29 heavy (non-hydrogen) atoms. The van der Waals surface area contributed by atoms with Crippen LogP contribution >= 0.6 is 0 Å². The van der Waals surface area contributed by atoms with E-state index in [0.717, 1.165) is 36.7 Å². The molecule has 4 rings (SSSR count). The smallest absolute Gasteiger partial charge is 0.260 e. The molecule has 8 nitrogen and oxygen atoms in total. The first-order valence-corrected chi connectivity index (χ1v) is 9.65. The highest BCUT2D eigenvalue weighted by Crippen LogP contribution is 2.28. The average Bonchev–Trinajstić information content (AvgIpc) is 3.06. The standard InChI is InChI=1S/C21H26N6O2/c1-14-11-27-12-18(22-10-19(27)24-14)25-20(28)16-6-5-15(9-17(16)29-4)26-8-7-23-21(2,3)13-26/h5-6,9-12,23H,7-8,13H2,1-4H3,(H,25,28). The van der Waals surface area contributed by atoms with Crippen LogP contribution in [-0.2, 0) is 0 Å². The van der Waals surface area contributed by atoms with E-state index in [0.29, 0.717) is 17.1 Å². The zero-order valence-electron chi connectivity index (χ0n) is 17.2. The number of fused-ring (bicyclic) bond motifs is 1. The second-order valence-electron chi connectivity index (χ2n) is 7.99. The lowest BCUT2D eigenvalue weighted by Crippen LogP contribution is -2.57. The number of ether oxygens (including phenoxy) is 1. The van der Waals surface area contributed by atoms with Gasteiger partial charge < -0.3 is 24.7 Å². The summed E-state index contributed by atoms with van der Waals surface area (Å²) in [5.41, 5.74) is 3.18. The van der Waals surface area contributed by atoms with Gasteiger partial charge in [-0.25, -0.2) is 9.97 Å². The van der Waals surface area contributed by atoms with Crippen LogP contribution in [0.1, 0.15) is 29.9 Å². The maximum absolute atomic E-state index is 12.8. The molecule has 0 radical (unpaired) electrons. The number of nitrogens with zero attached hydrogens (tertiary/aromatic N) is 4. The van der Waals surface area contributed by atoms with Crippen molar-refractivity contribution in [2.24, 2.45) is 0 Å². The summed E-state index contributed by atoms with van der Waals surface area (Å²) in [4.78, 5) is 23.8. The topological polar surface area (TPSA) is 83.8 Å². The van der Waals surface area contributed by atoms with Crippen LogP contribution in [0.3, 0.4) is 0 Å². The summed E-state index contributed by atoms with van der Waals surface area (Å²) in [6.45, 7) is 8.99. The lowest BCUT2D eigenvalue weighted by molar-refractivity contribution is 0.102. The Hall–Kier alpha value is -3.13. The van der Waals surface area contributed by atoms with Crippen LogP contribution in [0.25, 0.3) is 5.65 Å². The summed E-state index contributed by atoms with van der Waals surface area (Å²) in [7, 11) is 1.58. The molecule has 0 saturated carbocycles. The Bertz CT molecular complexity index is 1060. The minimum atomic E-state index is -0.266. The quantitative estimate of drug-likeness (QED) is 0.707. The number of methoxy groups -OCH3 is 1. The highest BCUT2D eigenvalue weighted by atomic mass is 16.5. The van der Waals surface area contributed by atoms with Crippen LogP contribution in [0, 0.1) is 6.92 Å². The monoisotopic (exact) mass is 394 g/mol. The molecule has 1 amide bonds. The summed E-state index contributed by atoms with van der Waals surface area (Å²) >= 11 is 0. The number of hydrogen-bond acceptors (Lipinski definition) is 6. The van der Waals surface area contributed by atoms with E-state index in [1.165, 1.54) is 0 Å². The Morgan fingerprint density at radius 1 is 1.31 bits per heavy atom. The maximum atomic E-state index is 12.8. The Morgan fingerprint density at radius 2 is 2.14 bits per heavy atom. The number of anilines is 2. The minimum Gasteiger partial charge on any atom is -0.496 e. The van der Waals surface area contributed by atoms with Gasteiger partial charge in [0.15, 0.2) is 5.65 Å². The van der Waals surface area contributed by atoms with Gasteiger partial charge in [-0.3, -0.25) is 4.79 Å². The van der Waals surface area contributed by atoms with Crippen LogP contribution in [0.15, 0.2) is 36.8 Å². The largest absolute Gasteiger partial charge is 0.496 e. The summed E-state index contributed by atoms with van der Waals surface area (Å²) in [6.07, 6.45) is 5.27. The number of nitrogens with one attached hydrogen (secondary N) is 2. The molecule has 3 heterocycles. The maximum Gasteiger partial charge on any atom is 0.260 e. The van der Waals surface area contributed by atoms with Crippen LogP contribution < -0.4 is 20.3 Å². The molecule has 2 N–H and O–H groups in total. The third-order valence-electron chi connectivity index (χ3n) is 5.07.